The Morgan fingerprint density at radius 2 is 2.00 bits per heavy atom. The molecule has 0 aliphatic heterocycles. The number of pyridine rings is 1. The Balaban J connectivity index is 2.28. The smallest absolute Gasteiger partial charge is 0.150 e. The zero-order chi connectivity index (χ0) is 12.3. The molecular formula is C14H14ClNO. The van der Waals surface area contributed by atoms with Crippen LogP contribution in [0.3, 0.4) is 0 Å². The van der Waals surface area contributed by atoms with Crippen LogP contribution in [0.1, 0.15) is 16.7 Å². The lowest BCUT2D eigenvalue weighted by Crippen LogP contribution is -1.91. The topological polar surface area (TPSA) is 22.1 Å². The molecule has 0 aliphatic rings. The number of rotatable bonds is 3. The molecule has 0 fully saturated rings. The van der Waals surface area contributed by atoms with E-state index in [2.05, 4.69) is 18.8 Å². The van der Waals surface area contributed by atoms with E-state index in [1.165, 1.54) is 11.1 Å². The number of hydrogen-bond acceptors (Lipinski definition) is 2. The summed E-state index contributed by atoms with van der Waals surface area (Å²) in [5, 5.41) is 0. The second-order valence-electron chi connectivity index (χ2n) is 3.97. The SMILES string of the molecule is Cc1ccc(Oc2cnccc2CCl)cc1C. The molecular weight excluding hydrogens is 234 g/mol. The molecule has 0 saturated carbocycles. The summed E-state index contributed by atoms with van der Waals surface area (Å²) in [4.78, 5) is 4.05. The van der Waals surface area contributed by atoms with Crippen LogP contribution in [0.2, 0.25) is 0 Å². The summed E-state index contributed by atoms with van der Waals surface area (Å²) in [7, 11) is 0. The molecule has 0 N–H and O–H groups in total. The monoisotopic (exact) mass is 247 g/mol. The number of aryl methyl sites for hydroxylation is 2. The van der Waals surface area contributed by atoms with Crippen molar-refractivity contribution in [1.29, 1.82) is 0 Å². The molecule has 2 nitrogen and oxygen atoms in total. The van der Waals surface area contributed by atoms with Gasteiger partial charge in [0.2, 0.25) is 0 Å². The number of nitrogens with zero attached hydrogens (tertiary/aromatic N) is 1. The van der Waals surface area contributed by atoms with Crippen molar-refractivity contribution in [3.63, 3.8) is 0 Å². The first-order chi connectivity index (χ1) is 8.20. The molecule has 88 valence electrons. The van der Waals surface area contributed by atoms with Gasteiger partial charge in [-0.15, -0.1) is 11.6 Å². The molecule has 0 aliphatic carbocycles. The van der Waals surface area contributed by atoms with Gasteiger partial charge in [-0.25, -0.2) is 0 Å². The van der Waals surface area contributed by atoms with Crippen molar-refractivity contribution in [2.75, 3.05) is 0 Å². The average molecular weight is 248 g/mol. The minimum absolute atomic E-state index is 0.419. The fourth-order valence-electron chi connectivity index (χ4n) is 1.52. The van der Waals surface area contributed by atoms with Gasteiger partial charge in [-0.1, -0.05) is 6.07 Å². The van der Waals surface area contributed by atoms with Gasteiger partial charge in [0, 0.05) is 11.8 Å². The van der Waals surface area contributed by atoms with Gasteiger partial charge in [0.05, 0.1) is 12.1 Å². The van der Waals surface area contributed by atoms with Crippen LogP contribution in [0.4, 0.5) is 0 Å². The third kappa shape index (κ3) is 2.77. The number of ether oxygens (including phenoxy) is 1. The Labute approximate surface area is 106 Å². The number of halogens is 1. The Morgan fingerprint density at radius 3 is 2.71 bits per heavy atom. The highest BCUT2D eigenvalue weighted by atomic mass is 35.5. The van der Waals surface area contributed by atoms with Gasteiger partial charge in [-0.2, -0.15) is 0 Å². The Morgan fingerprint density at radius 1 is 1.18 bits per heavy atom. The Hall–Kier alpha value is -1.54. The van der Waals surface area contributed by atoms with Crippen molar-refractivity contribution >= 4 is 11.6 Å². The second-order valence-corrected chi connectivity index (χ2v) is 4.23. The predicted molar refractivity (Wildman–Crippen MR) is 69.8 cm³/mol. The molecule has 0 atom stereocenters. The maximum absolute atomic E-state index is 5.85. The molecule has 2 rings (SSSR count). The first-order valence-electron chi connectivity index (χ1n) is 5.44. The predicted octanol–water partition coefficient (Wildman–Crippen LogP) is 4.23. The van der Waals surface area contributed by atoms with Gasteiger partial charge in [0.15, 0.2) is 0 Å². The summed E-state index contributed by atoms with van der Waals surface area (Å²) in [6.07, 6.45) is 3.40. The average Bonchev–Trinajstić information content (AvgIpc) is 2.34. The largest absolute Gasteiger partial charge is 0.455 e. The van der Waals surface area contributed by atoms with Crippen molar-refractivity contribution < 1.29 is 4.74 Å². The van der Waals surface area contributed by atoms with Crippen molar-refractivity contribution in [2.24, 2.45) is 0 Å². The Bertz CT molecular complexity index is 525. The van der Waals surface area contributed by atoms with Crippen LogP contribution in [0.25, 0.3) is 0 Å². The van der Waals surface area contributed by atoms with E-state index in [1.54, 1.807) is 12.4 Å². The van der Waals surface area contributed by atoms with E-state index in [0.29, 0.717) is 11.6 Å². The van der Waals surface area contributed by atoms with Gasteiger partial charge < -0.3 is 4.74 Å². The van der Waals surface area contributed by atoms with Crippen molar-refractivity contribution in [3.8, 4) is 11.5 Å². The molecule has 1 heterocycles. The summed E-state index contributed by atoms with van der Waals surface area (Å²) in [5.74, 6) is 1.95. The molecule has 17 heavy (non-hydrogen) atoms. The van der Waals surface area contributed by atoms with Crippen LogP contribution in [-0.4, -0.2) is 4.98 Å². The van der Waals surface area contributed by atoms with E-state index in [0.717, 1.165) is 11.3 Å². The van der Waals surface area contributed by atoms with Crippen LogP contribution in [0.15, 0.2) is 36.7 Å². The summed E-state index contributed by atoms with van der Waals surface area (Å²) < 4.78 is 5.79. The van der Waals surface area contributed by atoms with Crippen molar-refractivity contribution in [2.45, 2.75) is 19.7 Å². The lowest BCUT2D eigenvalue weighted by Gasteiger charge is -2.10. The molecule has 0 bridgehead atoms. The molecule has 2 aromatic rings. The minimum Gasteiger partial charge on any atom is -0.455 e. The lowest BCUT2D eigenvalue weighted by atomic mass is 10.1. The van der Waals surface area contributed by atoms with E-state index in [-0.39, 0.29) is 0 Å². The zero-order valence-corrected chi connectivity index (χ0v) is 10.7. The minimum atomic E-state index is 0.419. The van der Waals surface area contributed by atoms with Crippen molar-refractivity contribution in [1.82, 2.24) is 4.98 Å². The number of aromatic nitrogens is 1. The number of alkyl halides is 1. The van der Waals surface area contributed by atoms with Crippen molar-refractivity contribution in [3.05, 3.63) is 53.3 Å². The van der Waals surface area contributed by atoms with Crippen LogP contribution in [-0.2, 0) is 5.88 Å². The molecule has 0 radical (unpaired) electrons. The van der Waals surface area contributed by atoms with E-state index in [9.17, 15) is 0 Å². The van der Waals surface area contributed by atoms with Gasteiger partial charge >= 0.3 is 0 Å². The van der Waals surface area contributed by atoms with Gasteiger partial charge in [-0.3, -0.25) is 4.98 Å². The highest BCUT2D eigenvalue weighted by molar-refractivity contribution is 6.17. The fraction of sp³-hybridized carbons (Fsp3) is 0.214. The van der Waals surface area contributed by atoms with E-state index >= 15 is 0 Å². The van der Waals surface area contributed by atoms with E-state index in [4.69, 9.17) is 16.3 Å². The molecule has 0 saturated heterocycles. The second kappa shape index (κ2) is 5.19. The van der Waals surface area contributed by atoms with E-state index in [1.807, 2.05) is 24.3 Å². The maximum Gasteiger partial charge on any atom is 0.150 e. The molecule has 0 spiro atoms. The summed E-state index contributed by atoms with van der Waals surface area (Å²) in [5.41, 5.74) is 3.40. The Kier molecular flexibility index (Phi) is 3.64. The van der Waals surface area contributed by atoms with Gasteiger partial charge in [0.25, 0.3) is 0 Å². The highest BCUT2D eigenvalue weighted by Crippen LogP contribution is 2.26. The van der Waals surface area contributed by atoms with Crippen LogP contribution in [0.5, 0.6) is 11.5 Å². The summed E-state index contributed by atoms with van der Waals surface area (Å²) in [6, 6.07) is 7.87. The molecule has 0 unspecified atom stereocenters. The number of hydrogen-bond donors (Lipinski definition) is 0. The molecule has 3 heteroatoms. The molecule has 1 aromatic heterocycles. The third-order valence-electron chi connectivity index (χ3n) is 2.72. The normalized spacial score (nSPS) is 10.3. The first-order valence-corrected chi connectivity index (χ1v) is 5.98. The first kappa shape index (κ1) is 11.9. The standard InChI is InChI=1S/C14H14ClNO/c1-10-3-4-13(7-11(10)2)17-14-9-16-6-5-12(14)8-15/h3-7,9H,8H2,1-2H3. The van der Waals surface area contributed by atoms with Crippen LogP contribution in [0, 0.1) is 13.8 Å². The number of benzene rings is 1. The van der Waals surface area contributed by atoms with Gasteiger partial charge in [0.1, 0.15) is 11.5 Å². The fourth-order valence-corrected chi connectivity index (χ4v) is 1.74. The summed E-state index contributed by atoms with van der Waals surface area (Å²) >= 11 is 5.85. The third-order valence-corrected chi connectivity index (χ3v) is 3.01. The van der Waals surface area contributed by atoms with E-state index < -0.39 is 0 Å². The van der Waals surface area contributed by atoms with Gasteiger partial charge in [-0.05, 0) is 43.2 Å². The molecule has 0 amide bonds. The summed E-state index contributed by atoms with van der Waals surface area (Å²) in [6.45, 7) is 4.14. The maximum atomic E-state index is 5.85. The van der Waals surface area contributed by atoms with Crippen LogP contribution < -0.4 is 4.74 Å². The molecule has 1 aromatic carbocycles. The zero-order valence-electron chi connectivity index (χ0n) is 9.90. The lowest BCUT2D eigenvalue weighted by molar-refractivity contribution is 0.475. The highest BCUT2D eigenvalue weighted by Gasteiger charge is 2.04. The van der Waals surface area contributed by atoms with Crippen LogP contribution >= 0.6 is 11.6 Å². The quantitative estimate of drug-likeness (QED) is 0.758.